The molecular weight excluding hydrogens is 414 g/mol. The molecule has 11 heteroatoms. The van der Waals surface area contributed by atoms with Gasteiger partial charge in [-0.15, -0.1) is 0 Å². The summed E-state index contributed by atoms with van der Waals surface area (Å²) in [5, 5.41) is 8.37. The maximum Gasteiger partial charge on any atom is 0.216 e. The number of nitrogens with two attached hydrogens (primary N) is 1. The fraction of sp³-hybridized carbons (Fsp3) is 0.316. The van der Waals surface area contributed by atoms with E-state index in [9.17, 15) is 17.2 Å². The van der Waals surface area contributed by atoms with Gasteiger partial charge in [0.1, 0.15) is 11.5 Å². The van der Waals surface area contributed by atoms with Gasteiger partial charge in [-0.3, -0.25) is 0 Å². The summed E-state index contributed by atoms with van der Waals surface area (Å²) in [5.74, 6) is -2.08. The van der Waals surface area contributed by atoms with Crippen LogP contribution in [0.4, 0.5) is 20.3 Å². The second kappa shape index (κ2) is 7.62. The summed E-state index contributed by atoms with van der Waals surface area (Å²) in [6, 6.07) is 1.47. The molecule has 30 heavy (non-hydrogen) atoms. The topological polar surface area (TPSA) is 118 Å². The molecule has 8 nitrogen and oxygen atoms in total. The minimum Gasteiger partial charge on any atom is -0.363 e. The monoisotopic (exact) mass is 434 g/mol. The van der Waals surface area contributed by atoms with Gasteiger partial charge >= 0.3 is 0 Å². The molecule has 0 fully saturated rings. The Morgan fingerprint density at radius 3 is 2.63 bits per heavy atom. The molecule has 0 aromatic carbocycles. The zero-order chi connectivity index (χ0) is 22.3. The van der Waals surface area contributed by atoms with Gasteiger partial charge in [0.05, 0.1) is 24.2 Å². The fourth-order valence-electron chi connectivity index (χ4n) is 2.94. The number of primary sulfonamides is 1. The summed E-state index contributed by atoms with van der Waals surface area (Å²) in [5.41, 5.74) is 0.167. The van der Waals surface area contributed by atoms with Crippen LogP contribution in [0.25, 0.3) is 27.1 Å². The normalized spacial score (nSPS) is 13.2. The predicted molar refractivity (Wildman–Crippen MR) is 110 cm³/mol. The number of hydrogen-bond acceptors (Lipinski definition) is 5. The second-order valence-corrected chi connectivity index (χ2v) is 9.60. The minimum atomic E-state index is -3.86. The van der Waals surface area contributed by atoms with E-state index in [1.807, 2.05) is 0 Å². The highest BCUT2D eigenvalue weighted by atomic mass is 32.2. The summed E-state index contributed by atoms with van der Waals surface area (Å²) in [4.78, 5) is 14.4. The van der Waals surface area contributed by atoms with Gasteiger partial charge < -0.3 is 10.3 Å². The number of nitrogens with one attached hydrogen (secondary N) is 2. The third-order valence-corrected chi connectivity index (χ3v) is 5.38. The molecule has 0 amide bonds. The first-order valence-corrected chi connectivity index (χ1v) is 10.6. The zero-order valence-corrected chi connectivity index (χ0v) is 17.3. The van der Waals surface area contributed by atoms with Crippen molar-refractivity contribution in [1.29, 1.82) is 0 Å². The lowest BCUT2D eigenvalue weighted by Crippen LogP contribution is -2.42. The molecule has 0 saturated carbocycles. The van der Waals surface area contributed by atoms with Crippen molar-refractivity contribution >= 4 is 32.6 Å². The molecule has 4 N–H and O–H groups in total. The van der Waals surface area contributed by atoms with Gasteiger partial charge in [-0.25, -0.2) is 37.2 Å². The van der Waals surface area contributed by atoms with E-state index >= 15 is 0 Å². The fourth-order valence-corrected chi connectivity index (χ4v) is 3.99. The quantitative estimate of drug-likeness (QED) is 0.531. The summed E-state index contributed by atoms with van der Waals surface area (Å²) in [7, 11) is -3.86. The molecule has 0 aliphatic heterocycles. The van der Waals surface area contributed by atoms with E-state index in [1.165, 1.54) is 12.3 Å². The predicted octanol–water partition coefficient (Wildman–Crippen LogP) is 3.57. The Bertz CT molecular complexity index is 1260. The van der Waals surface area contributed by atoms with Crippen LogP contribution in [-0.2, 0) is 10.0 Å². The lowest BCUT2D eigenvalue weighted by Gasteiger charge is -2.31. The van der Waals surface area contributed by atoms with Crippen LogP contribution in [0.15, 0.2) is 24.5 Å². The highest BCUT2D eigenvalue weighted by molar-refractivity contribution is 7.89. The zero-order valence-electron chi connectivity index (χ0n) is 16.5. The van der Waals surface area contributed by atoms with Gasteiger partial charge in [0.25, 0.3) is 0 Å². The number of halogens is 2. The van der Waals surface area contributed by atoms with Gasteiger partial charge in [-0.2, -0.15) is 0 Å². The number of hydrogen-bond donors (Lipinski definition) is 3. The first-order valence-electron chi connectivity index (χ1n) is 8.87. The van der Waals surface area contributed by atoms with Crippen molar-refractivity contribution in [3.63, 3.8) is 0 Å². The van der Waals surface area contributed by atoms with Crippen LogP contribution >= 0.6 is 0 Å². The maximum absolute atomic E-state index is 14.7. The van der Waals surface area contributed by atoms with Crippen molar-refractivity contribution in [3.05, 3.63) is 47.6 Å². The summed E-state index contributed by atoms with van der Waals surface area (Å²) in [6.45, 7) is 12.7. The number of H-pyrrole nitrogens is 1. The number of aromatic nitrogens is 3. The van der Waals surface area contributed by atoms with Crippen LogP contribution in [-0.4, -0.2) is 35.2 Å². The first kappa shape index (κ1) is 21.6. The molecule has 0 aliphatic rings. The standard InChI is InChI=1S/C19H20F2N6O2S/c1-19(2,3)15(9-30(22,28)29)26-18-13(21)6-14(23-4)16(27-18)12-8-25-17-11(12)5-10(20)7-24-17/h5-8,15H,9H2,1-3H3,(H,24,25)(H,26,27)(H2,22,28,29)/t15-/m1/s1. The highest BCUT2D eigenvalue weighted by Gasteiger charge is 2.30. The van der Waals surface area contributed by atoms with Crippen molar-refractivity contribution in [3.8, 4) is 11.3 Å². The minimum absolute atomic E-state index is 0.0815. The molecule has 0 saturated heterocycles. The van der Waals surface area contributed by atoms with Gasteiger partial charge in [-0.05, 0) is 17.5 Å². The molecule has 0 unspecified atom stereocenters. The van der Waals surface area contributed by atoms with E-state index in [-0.39, 0.29) is 17.2 Å². The van der Waals surface area contributed by atoms with Gasteiger partial charge in [-0.1, -0.05) is 20.8 Å². The van der Waals surface area contributed by atoms with Crippen LogP contribution in [0.2, 0.25) is 0 Å². The molecule has 3 aromatic rings. The third-order valence-electron chi connectivity index (χ3n) is 4.58. The number of anilines is 1. The molecule has 3 rings (SSSR count). The second-order valence-electron chi connectivity index (χ2n) is 7.94. The number of fused-ring (bicyclic) bond motifs is 1. The van der Waals surface area contributed by atoms with Crippen LogP contribution in [0.1, 0.15) is 20.8 Å². The number of aromatic amines is 1. The Morgan fingerprint density at radius 1 is 1.33 bits per heavy atom. The van der Waals surface area contributed by atoms with E-state index in [1.54, 1.807) is 20.8 Å². The molecule has 158 valence electrons. The van der Waals surface area contributed by atoms with Crippen molar-refractivity contribution in [2.45, 2.75) is 26.8 Å². The Kier molecular flexibility index (Phi) is 5.49. The molecule has 0 radical (unpaired) electrons. The van der Waals surface area contributed by atoms with E-state index in [4.69, 9.17) is 11.7 Å². The molecule has 1 atom stereocenters. The van der Waals surface area contributed by atoms with Crippen molar-refractivity contribution in [2.75, 3.05) is 11.1 Å². The summed E-state index contributed by atoms with van der Waals surface area (Å²) < 4.78 is 51.7. The summed E-state index contributed by atoms with van der Waals surface area (Å²) >= 11 is 0. The van der Waals surface area contributed by atoms with Gasteiger partial charge in [0.15, 0.2) is 11.6 Å². The van der Waals surface area contributed by atoms with Crippen LogP contribution in [0.5, 0.6) is 0 Å². The Hall–Kier alpha value is -3.10. The SMILES string of the molecule is [C-]#[N+]c1cc(F)c(N[C@H](CS(N)(=O)=O)C(C)(C)C)nc1-c1c[nH]c2ncc(F)cc12. The Balaban J connectivity index is 2.14. The Labute approximate surface area is 172 Å². The number of pyridine rings is 2. The van der Waals surface area contributed by atoms with Gasteiger partial charge in [0.2, 0.25) is 15.7 Å². The van der Waals surface area contributed by atoms with Crippen molar-refractivity contribution < 1.29 is 17.2 Å². The van der Waals surface area contributed by atoms with Gasteiger partial charge in [0, 0.05) is 23.2 Å². The first-order chi connectivity index (χ1) is 13.9. The number of rotatable bonds is 5. The lowest BCUT2D eigenvalue weighted by molar-refractivity contribution is 0.358. The van der Waals surface area contributed by atoms with Crippen LogP contribution in [0, 0.1) is 23.6 Å². The van der Waals surface area contributed by atoms with E-state index in [0.29, 0.717) is 16.6 Å². The van der Waals surface area contributed by atoms with Crippen LogP contribution in [0.3, 0.4) is 0 Å². The maximum atomic E-state index is 14.7. The number of sulfonamides is 1. The highest BCUT2D eigenvalue weighted by Crippen LogP contribution is 2.36. The van der Waals surface area contributed by atoms with E-state index in [2.05, 4.69) is 25.1 Å². The van der Waals surface area contributed by atoms with Crippen molar-refractivity contribution in [1.82, 2.24) is 15.0 Å². The largest absolute Gasteiger partial charge is 0.363 e. The molecule has 0 aliphatic carbocycles. The van der Waals surface area contributed by atoms with E-state index < -0.39 is 38.9 Å². The average molecular weight is 434 g/mol. The smallest absolute Gasteiger partial charge is 0.216 e. The Morgan fingerprint density at radius 2 is 2.03 bits per heavy atom. The molecule has 3 aromatic heterocycles. The number of nitrogens with zero attached hydrogens (tertiary/aromatic N) is 3. The van der Waals surface area contributed by atoms with Crippen LogP contribution < -0.4 is 10.5 Å². The van der Waals surface area contributed by atoms with E-state index in [0.717, 1.165) is 12.3 Å². The lowest BCUT2D eigenvalue weighted by atomic mass is 9.88. The molecular formula is C19H20F2N6O2S. The summed E-state index contributed by atoms with van der Waals surface area (Å²) in [6.07, 6.45) is 2.55. The molecule has 0 spiro atoms. The van der Waals surface area contributed by atoms with Crippen molar-refractivity contribution in [2.24, 2.45) is 10.6 Å². The third kappa shape index (κ3) is 4.55. The molecule has 3 heterocycles. The molecule has 0 bridgehead atoms. The average Bonchev–Trinajstić information content (AvgIpc) is 3.03.